The van der Waals surface area contributed by atoms with Gasteiger partial charge in [-0.15, -0.1) is 0 Å². The van der Waals surface area contributed by atoms with E-state index in [1.807, 2.05) is 4.90 Å². The fourth-order valence-corrected chi connectivity index (χ4v) is 3.90. The minimum Gasteiger partial charge on any atom is -0.468 e. The molecule has 1 amide bonds. The molecule has 0 aromatic heterocycles. The molecule has 5 heteroatoms. The van der Waals surface area contributed by atoms with Crippen molar-refractivity contribution in [3.8, 4) is 0 Å². The highest BCUT2D eigenvalue weighted by Crippen LogP contribution is 2.27. The van der Waals surface area contributed by atoms with Gasteiger partial charge >= 0.3 is 5.97 Å². The molecule has 2 fully saturated rings. The van der Waals surface area contributed by atoms with E-state index in [9.17, 15) is 9.59 Å². The number of carbonyl (C=O) groups is 2. The van der Waals surface area contributed by atoms with Gasteiger partial charge in [-0.05, 0) is 51.0 Å². The first kappa shape index (κ1) is 18.2. The zero-order valence-electron chi connectivity index (χ0n) is 14.9. The van der Waals surface area contributed by atoms with E-state index in [4.69, 9.17) is 4.74 Å². The summed E-state index contributed by atoms with van der Waals surface area (Å²) < 4.78 is 4.95. The Bertz CT molecular complexity index is 411. The molecule has 2 aliphatic heterocycles. The van der Waals surface area contributed by atoms with Gasteiger partial charge in [-0.25, -0.2) is 0 Å². The second kappa shape index (κ2) is 8.67. The molecule has 5 nitrogen and oxygen atoms in total. The average molecular weight is 324 g/mol. The molecule has 0 aromatic rings. The lowest BCUT2D eigenvalue weighted by Gasteiger charge is -2.31. The molecule has 0 bridgehead atoms. The van der Waals surface area contributed by atoms with Gasteiger partial charge in [0.2, 0.25) is 5.91 Å². The highest BCUT2D eigenvalue weighted by Gasteiger charge is 2.37. The lowest BCUT2D eigenvalue weighted by molar-refractivity contribution is -0.146. The van der Waals surface area contributed by atoms with Gasteiger partial charge < -0.3 is 9.64 Å². The van der Waals surface area contributed by atoms with Crippen molar-refractivity contribution in [2.75, 3.05) is 26.7 Å². The minimum atomic E-state index is -0.119. The first-order chi connectivity index (χ1) is 11.0. The van der Waals surface area contributed by atoms with Gasteiger partial charge in [0.1, 0.15) is 6.04 Å². The topological polar surface area (TPSA) is 49.9 Å². The van der Waals surface area contributed by atoms with Crippen LogP contribution in [0.2, 0.25) is 0 Å². The van der Waals surface area contributed by atoms with Crippen LogP contribution >= 0.6 is 0 Å². The van der Waals surface area contributed by atoms with Crippen LogP contribution in [0.25, 0.3) is 0 Å². The highest BCUT2D eigenvalue weighted by atomic mass is 16.5. The molecule has 23 heavy (non-hydrogen) atoms. The third kappa shape index (κ3) is 4.93. The van der Waals surface area contributed by atoms with E-state index in [0.717, 1.165) is 51.7 Å². The van der Waals surface area contributed by atoms with Crippen molar-refractivity contribution in [2.24, 2.45) is 5.92 Å². The lowest BCUT2D eigenvalue weighted by Crippen LogP contribution is -2.44. The Morgan fingerprint density at radius 3 is 2.74 bits per heavy atom. The second-order valence-electron chi connectivity index (χ2n) is 7.32. The van der Waals surface area contributed by atoms with E-state index in [-0.39, 0.29) is 17.9 Å². The van der Waals surface area contributed by atoms with E-state index in [0.29, 0.717) is 18.4 Å². The molecule has 0 N–H and O–H groups in total. The molecule has 132 valence electrons. The van der Waals surface area contributed by atoms with Crippen LogP contribution in [0.1, 0.15) is 58.8 Å². The molecule has 2 rings (SSSR count). The van der Waals surface area contributed by atoms with Gasteiger partial charge in [0.25, 0.3) is 0 Å². The van der Waals surface area contributed by atoms with Gasteiger partial charge in [0, 0.05) is 25.6 Å². The number of esters is 1. The van der Waals surface area contributed by atoms with E-state index in [1.54, 1.807) is 0 Å². The van der Waals surface area contributed by atoms with Gasteiger partial charge in [0.05, 0.1) is 7.11 Å². The largest absolute Gasteiger partial charge is 0.468 e. The molecular weight excluding hydrogens is 292 g/mol. The lowest BCUT2D eigenvalue weighted by atomic mass is 10.1. The number of hydrogen-bond donors (Lipinski definition) is 0. The smallest absolute Gasteiger partial charge is 0.323 e. The normalized spacial score (nSPS) is 26.6. The maximum absolute atomic E-state index is 12.3. The molecule has 2 saturated heterocycles. The third-order valence-corrected chi connectivity index (χ3v) is 5.22. The number of amides is 1. The predicted molar refractivity (Wildman–Crippen MR) is 90.0 cm³/mol. The monoisotopic (exact) mass is 324 g/mol. The first-order valence-electron chi connectivity index (χ1n) is 9.14. The Balaban J connectivity index is 1.89. The predicted octanol–water partition coefficient (Wildman–Crippen LogP) is 2.44. The Labute approximate surface area is 140 Å². The van der Waals surface area contributed by atoms with Crippen LogP contribution in [0.5, 0.6) is 0 Å². The molecule has 0 spiro atoms. The second-order valence-corrected chi connectivity index (χ2v) is 7.32. The van der Waals surface area contributed by atoms with Crippen molar-refractivity contribution in [3.05, 3.63) is 0 Å². The van der Waals surface area contributed by atoms with Gasteiger partial charge in [-0.2, -0.15) is 0 Å². The van der Waals surface area contributed by atoms with E-state index < -0.39 is 0 Å². The number of likely N-dealkylation sites (tertiary alicyclic amines) is 2. The summed E-state index contributed by atoms with van der Waals surface area (Å²) in [6.07, 6.45) is 6.63. The molecule has 0 saturated carbocycles. The first-order valence-corrected chi connectivity index (χ1v) is 9.14. The zero-order chi connectivity index (χ0) is 16.8. The van der Waals surface area contributed by atoms with Crippen LogP contribution in [0.4, 0.5) is 0 Å². The molecule has 0 aromatic carbocycles. The maximum atomic E-state index is 12.3. The van der Waals surface area contributed by atoms with Gasteiger partial charge in [0.15, 0.2) is 0 Å². The summed E-state index contributed by atoms with van der Waals surface area (Å²) in [5.74, 6) is 0.854. The summed E-state index contributed by atoms with van der Waals surface area (Å²) in [5, 5.41) is 0. The Kier molecular flexibility index (Phi) is 6.88. The van der Waals surface area contributed by atoms with E-state index in [2.05, 4.69) is 18.7 Å². The molecule has 0 aliphatic carbocycles. The highest BCUT2D eigenvalue weighted by molar-refractivity contribution is 5.77. The summed E-state index contributed by atoms with van der Waals surface area (Å²) in [6.45, 7) is 7.10. The summed E-state index contributed by atoms with van der Waals surface area (Å²) in [4.78, 5) is 28.6. The maximum Gasteiger partial charge on any atom is 0.323 e. The van der Waals surface area contributed by atoms with Crippen LogP contribution in [0.15, 0.2) is 0 Å². The van der Waals surface area contributed by atoms with E-state index in [1.165, 1.54) is 13.5 Å². The van der Waals surface area contributed by atoms with Crippen molar-refractivity contribution in [1.29, 1.82) is 0 Å². The molecular formula is C18H32N2O3. The van der Waals surface area contributed by atoms with Gasteiger partial charge in [-0.1, -0.05) is 13.8 Å². The van der Waals surface area contributed by atoms with Crippen LogP contribution in [0.3, 0.4) is 0 Å². The van der Waals surface area contributed by atoms with Crippen LogP contribution in [0, 0.1) is 5.92 Å². The van der Waals surface area contributed by atoms with Crippen molar-refractivity contribution in [1.82, 2.24) is 9.80 Å². The Morgan fingerprint density at radius 2 is 2.04 bits per heavy atom. The summed E-state index contributed by atoms with van der Waals surface area (Å²) in [7, 11) is 1.46. The number of carbonyl (C=O) groups excluding carboxylic acids is 2. The number of rotatable bonds is 6. The van der Waals surface area contributed by atoms with Crippen molar-refractivity contribution >= 4 is 11.9 Å². The number of hydrogen-bond acceptors (Lipinski definition) is 4. The molecule has 2 aliphatic rings. The summed E-state index contributed by atoms with van der Waals surface area (Å²) >= 11 is 0. The van der Waals surface area contributed by atoms with Gasteiger partial charge in [-0.3, -0.25) is 14.5 Å². The molecule has 0 unspecified atom stereocenters. The van der Waals surface area contributed by atoms with Crippen molar-refractivity contribution in [3.63, 3.8) is 0 Å². The van der Waals surface area contributed by atoms with Crippen LogP contribution < -0.4 is 0 Å². The third-order valence-electron chi connectivity index (χ3n) is 5.22. The van der Waals surface area contributed by atoms with Crippen molar-refractivity contribution < 1.29 is 14.3 Å². The summed E-state index contributed by atoms with van der Waals surface area (Å²) in [5.41, 5.74) is 0. The fourth-order valence-electron chi connectivity index (χ4n) is 3.90. The van der Waals surface area contributed by atoms with Crippen LogP contribution in [-0.2, 0) is 14.3 Å². The molecule has 2 atom stereocenters. The standard InChI is InChI=1S/C18H32N2O3/c1-14(2)6-4-11-19-13-10-15(8-9-17(19)21)20-12-5-7-16(20)18(22)23-3/h14-16H,4-13H2,1-3H3/t15-,16-/m0/s1. The fraction of sp³-hybridized carbons (Fsp3) is 0.889. The van der Waals surface area contributed by atoms with E-state index >= 15 is 0 Å². The SMILES string of the molecule is COC(=O)[C@@H]1CCCN1[C@H]1CCC(=O)N(CCCC(C)C)CC1. The molecule has 2 heterocycles. The average Bonchev–Trinajstić information content (AvgIpc) is 2.94. The zero-order valence-corrected chi connectivity index (χ0v) is 14.9. The quantitative estimate of drug-likeness (QED) is 0.704. The Morgan fingerprint density at radius 1 is 1.26 bits per heavy atom. The number of nitrogens with zero attached hydrogens (tertiary/aromatic N) is 2. The Hall–Kier alpha value is -1.10. The van der Waals surface area contributed by atoms with Crippen molar-refractivity contribution in [2.45, 2.75) is 70.9 Å². The summed E-state index contributed by atoms with van der Waals surface area (Å²) in [6, 6.07) is 0.230. The number of ether oxygens (including phenoxy) is 1. The molecule has 0 radical (unpaired) electrons. The number of methoxy groups -OCH3 is 1. The minimum absolute atomic E-state index is 0.104. The van der Waals surface area contributed by atoms with Crippen LogP contribution in [-0.4, -0.2) is 60.5 Å².